The molecule has 29 heavy (non-hydrogen) atoms. The van der Waals surface area contributed by atoms with Gasteiger partial charge < -0.3 is 5.32 Å². The number of benzene rings is 3. The molecule has 0 fully saturated rings. The average molecular weight is 383 g/mol. The first-order valence-electron chi connectivity index (χ1n) is 9.44. The zero-order chi connectivity index (χ0) is 20.4. The minimum Gasteiger partial charge on any atom is -0.324 e. The molecule has 1 N–H and O–H groups in total. The summed E-state index contributed by atoms with van der Waals surface area (Å²) in [7, 11) is 0. The second kappa shape index (κ2) is 7.72. The highest BCUT2D eigenvalue weighted by Crippen LogP contribution is 2.24. The molecule has 0 unspecified atom stereocenters. The molecule has 0 bridgehead atoms. The highest BCUT2D eigenvalue weighted by Gasteiger charge is 2.26. The smallest absolute Gasteiger partial charge is 0.270 e. The third-order valence-electron chi connectivity index (χ3n) is 4.97. The lowest BCUT2D eigenvalue weighted by Crippen LogP contribution is -2.34. The lowest BCUT2D eigenvalue weighted by molar-refractivity contribution is -0.118. The van der Waals surface area contributed by atoms with Crippen LogP contribution >= 0.6 is 0 Å². The molecule has 5 nitrogen and oxygen atoms in total. The van der Waals surface area contributed by atoms with Gasteiger partial charge in [-0.05, 0) is 48.7 Å². The van der Waals surface area contributed by atoms with Gasteiger partial charge in [-0.25, -0.2) is 4.98 Å². The number of para-hydroxylation sites is 2. The van der Waals surface area contributed by atoms with E-state index in [-0.39, 0.29) is 11.5 Å². The third kappa shape index (κ3) is 3.67. The van der Waals surface area contributed by atoms with Crippen molar-refractivity contribution in [3.8, 4) is 0 Å². The van der Waals surface area contributed by atoms with Crippen molar-refractivity contribution in [1.29, 1.82) is 0 Å². The lowest BCUT2D eigenvalue weighted by atomic mass is 10.0. The van der Waals surface area contributed by atoms with Crippen LogP contribution in [0.3, 0.4) is 0 Å². The molecular formula is C24H21N3O2. The third-order valence-corrected chi connectivity index (χ3v) is 4.97. The molecule has 0 saturated heterocycles. The van der Waals surface area contributed by atoms with Crippen LogP contribution < -0.4 is 10.9 Å². The number of carbonyl (C=O) groups excluding carboxylic acids is 1. The van der Waals surface area contributed by atoms with E-state index in [2.05, 4.69) is 10.3 Å². The largest absolute Gasteiger partial charge is 0.324 e. The number of fused-ring (bicyclic) bond motifs is 1. The van der Waals surface area contributed by atoms with Gasteiger partial charge in [-0.15, -0.1) is 0 Å². The van der Waals surface area contributed by atoms with Crippen molar-refractivity contribution in [1.82, 2.24) is 9.55 Å². The van der Waals surface area contributed by atoms with Crippen LogP contribution in [0.25, 0.3) is 11.0 Å². The molecule has 1 aromatic heterocycles. The van der Waals surface area contributed by atoms with Gasteiger partial charge in [-0.3, -0.25) is 14.2 Å². The number of carbonyl (C=O) groups is 1. The van der Waals surface area contributed by atoms with Crippen LogP contribution in [-0.4, -0.2) is 15.5 Å². The van der Waals surface area contributed by atoms with E-state index >= 15 is 0 Å². The van der Waals surface area contributed by atoms with Crippen molar-refractivity contribution in [2.24, 2.45) is 0 Å². The number of aromatic nitrogens is 2. The van der Waals surface area contributed by atoms with Gasteiger partial charge in [-0.2, -0.15) is 0 Å². The number of amides is 1. The molecule has 0 aliphatic carbocycles. The van der Waals surface area contributed by atoms with Crippen molar-refractivity contribution in [2.75, 3.05) is 5.32 Å². The standard InChI is InChI=1S/C24H21N3O2/c1-16-12-13-17(2)20(14-16)26-24(29)23(18-8-4-3-5-9-18)27-21-11-7-6-10-19(21)25-15-22(27)28/h3-15,23H,1-2H3,(H,26,29)/t23-/m1/s1. The van der Waals surface area contributed by atoms with Crippen LogP contribution in [-0.2, 0) is 4.79 Å². The summed E-state index contributed by atoms with van der Waals surface area (Å²) in [5.74, 6) is -0.275. The minimum absolute atomic E-state index is 0.275. The Hall–Kier alpha value is -3.73. The van der Waals surface area contributed by atoms with Crippen molar-refractivity contribution in [3.05, 3.63) is 106 Å². The predicted molar refractivity (Wildman–Crippen MR) is 115 cm³/mol. The van der Waals surface area contributed by atoms with Gasteiger partial charge in [-0.1, -0.05) is 54.6 Å². The molecule has 0 spiro atoms. The zero-order valence-corrected chi connectivity index (χ0v) is 16.3. The van der Waals surface area contributed by atoms with E-state index in [4.69, 9.17) is 0 Å². The number of anilines is 1. The van der Waals surface area contributed by atoms with Crippen LogP contribution in [0.2, 0.25) is 0 Å². The summed E-state index contributed by atoms with van der Waals surface area (Å²) in [6, 6.07) is 21.7. The van der Waals surface area contributed by atoms with E-state index in [9.17, 15) is 9.59 Å². The number of hydrogen-bond donors (Lipinski definition) is 1. The van der Waals surface area contributed by atoms with Gasteiger partial charge in [0, 0.05) is 5.69 Å². The number of nitrogens with zero attached hydrogens (tertiary/aromatic N) is 2. The monoisotopic (exact) mass is 383 g/mol. The molecule has 5 heteroatoms. The molecular weight excluding hydrogens is 362 g/mol. The van der Waals surface area contributed by atoms with E-state index < -0.39 is 6.04 Å². The molecule has 0 aliphatic heterocycles. The Bertz CT molecular complexity index is 1250. The van der Waals surface area contributed by atoms with Crippen LogP contribution in [0.15, 0.2) is 83.8 Å². The van der Waals surface area contributed by atoms with Gasteiger partial charge >= 0.3 is 0 Å². The fourth-order valence-corrected chi connectivity index (χ4v) is 3.47. The summed E-state index contributed by atoms with van der Waals surface area (Å²) in [6.45, 7) is 3.92. The highest BCUT2D eigenvalue weighted by molar-refractivity contribution is 5.97. The van der Waals surface area contributed by atoms with E-state index in [0.29, 0.717) is 11.0 Å². The second-order valence-electron chi connectivity index (χ2n) is 7.08. The van der Waals surface area contributed by atoms with E-state index in [0.717, 1.165) is 22.4 Å². The maximum absolute atomic E-state index is 13.5. The number of rotatable bonds is 4. The molecule has 1 heterocycles. The Morgan fingerprint density at radius 3 is 2.48 bits per heavy atom. The van der Waals surface area contributed by atoms with Gasteiger partial charge in [0.15, 0.2) is 0 Å². The fourth-order valence-electron chi connectivity index (χ4n) is 3.47. The maximum atomic E-state index is 13.5. The average Bonchev–Trinajstić information content (AvgIpc) is 2.73. The summed E-state index contributed by atoms with van der Waals surface area (Å²) in [4.78, 5) is 30.5. The fraction of sp³-hybridized carbons (Fsp3) is 0.125. The first-order chi connectivity index (χ1) is 14.0. The molecule has 3 aromatic carbocycles. The summed E-state index contributed by atoms with van der Waals surface area (Å²) < 4.78 is 1.51. The quantitative estimate of drug-likeness (QED) is 0.573. The summed E-state index contributed by atoms with van der Waals surface area (Å²) in [5.41, 5.74) is 4.43. The minimum atomic E-state index is -0.823. The highest BCUT2D eigenvalue weighted by atomic mass is 16.2. The Kier molecular flexibility index (Phi) is 4.96. The SMILES string of the molecule is Cc1ccc(C)c(NC(=O)[C@@H](c2ccccc2)n2c(=O)cnc3ccccc32)c1. The Morgan fingerprint density at radius 1 is 0.966 bits per heavy atom. The van der Waals surface area contributed by atoms with Crippen molar-refractivity contribution >= 4 is 22.6 Å². The normalized spacial score (nSPS) is 11.9. The molecule has 144 valence electrons. The molecule has 4 aromatic rings. The molecule has 1 atom stereocenters. The van der Waals surface area contributed by atoms with Gasteiger partial charge in [0.25, 0.3) is 11.5 Å². The van der Waals surface area contributed by atoms with E-state index in [1.165, 1.54) is 10.8 Å². The topological polar surface area (TPSA) is 64.0 Å². The van der Waals surface area contributed by atoms with Gasteiger partial charge in [0.05, 0.1) is 17.2 Å². The Labute approximate surface area is 168 Å². The van der Waals surface area contributed by atoms with Crippen molar-refractivity contribution in [2.45, 2.75) is 19.9 Å². The summed E-state index contributed by atoms with van der Waals surface area (Å²) in [5, 5.41) is 3.02. The zero-order valence-electron chi connectivity index (χ0n) is 16.3. The van der Waals surface area contributed by atoms with Crippen LogP contribution in [0.5, 0.6) is 0 Å². The van der Waals surface area contributed by atoms with Gasteiger partial charge in [0.1, 0.15) is 6.04 Å². The van der Waals surface area contributed by atoms with Crippen molar-refractivity contribution in [3.63, 3.8) is 0 Å². The molecule has 0 saturated carbocycles. The van der Waals surface area contributed by atoms with Crippen LogP contribution in [0, 0.1) is 13.8 Å². The molecule has 1 amide bonds. The van der Waals surface area contributed by atoms with Crippen molar-refractivity contribution < 1.29 is 4.79 Å². The second-order valence-corrected chi connectivity index (χ2v) is 7.08. The first kappa shape index (κ1) is 18.6. The Morgan fingerprint density at radius 2 is 1.69 bits per heavy atom. The van der Waals surface area contributed by atoms with Crippen LogP contribution in [0.1, 0.15) is 22.7 Å². The molecule has 0 aliphatic rings. The van der Waals surface area contributed by atoms with E-state index in [1.54, 1.807) is 0 Å². The first-order valence-corrected chi connectivity index (χ1v) is 9.44. The summed E-state index contributed by atoms with van der Waals surface area (Å²) in [6.07, 6.45) is 1.27. The predicted octanol–water partition coefficient (Wildman–Crippen LogP) is 4.24. The summed E-state index contributed by atoms with van der Waals surface area (Å²) >= 11 is 0. The van der Waals surface area contributed by atoms with E-state index in [1.807, 2.05) is 86.6 Å². The number of aryl methyl sites for hydroxylation is 2. The molecule has 0 radical (unpaired) electrons. The molecule has 4 rings (SSSR count). The number of hydrogen-bond acceptors (Lipinski definition) is 3. The van der Waals surface area contributed by atoms with Crippen LogP contribution in [0.4, 0.5) is 5.69 Å². The number of nitrogens with one attached hydrogen (secondary N) is 1. The maximum Gasteiger partial charge on any atom is 0.270 e. The lowest BCUT2D eigenvalue weighted by Gasteiger charge is -2.22. The van der Waals surface area contributed by atoms with Gasteiger partial charge in [0.2, 0.25) is 0 Å². The Balaban J connectivity index is 1.88.